The summed E-state index contributed by atoms with van der Waals surface area (Å²) in [5.41, 5.74) is 6.18. The Kier molecular flexibility index (Phi) is 6.76. The molecule has 38 heavy (non-hydrogen) atoms. The predicted molar refractivity (Wildman–Crippen MR) is 136 cm³/mol. The number of β-lactam (4-membered cyclic amide) rings is 1. The number of thioether (sulfide) groups is 1. The first-order valence-corrected chi connectivity index (χ1v) is 13.6. The van der Waals surface area contributed by atoms with Crippen LogP contribution in [0.15, 0.2) is 34.3 Å². The third-order valence-corrected chi connectivity index (χ3v) is 8.52. The lowest BCUT2D eigenvalue weighted by molar-refractivity contribution is -0.687. The number of nitrogen functional groups attached to an aromatic ring is 1. The fourth-order valence-corrected chi connectivity index (χ4v) is 6.78. The summed E-state index contributed by atoms with van der Waals surface area (Å²) in [4.78, 5) is 60.8. The van der Waals surface area contributed by atoms with Gasteiger partial charge in [-0.25, -0.2) is 9.36 Å². The summed E-state index contributed by atoms with van der Waals surface area (Å²) < 4.78 is 7.43. The number of rotatable bonds is 8. The Labute approximate surface area is 226 Å². The van der Waals surface area contributed by atoms with Crippen molar-refractivity contribution in [1.29, 1.82) is 0 Å². The minimum atomic E-state index is -1.25. The van der Waals surface area contributed by atoms with Gasteiger partial charge in [0.15, 0.2) is 5.13 Å². The van der Waals surface area contributed by atoms with Crippen molar-refractivity contribution >= 4 is 74.0 Å². The largest absolute Gasteiger partial charge is 0.477 e. The second-order valence-corrected chi connectivity index (χ2v) is 10.8. The predicted octanol–water partition coefficient (Wildman–Crippen LogP) is -1.13. The number of hydrogen-bond donors (Lipinski definition) is 4. The van der Waals surface area contributed by atoms with Crippen LogP contribution in [-0.2, 0) is 25.8 Å². The monoisotopic (exact) mass is 578 g/mol. The number of fused-ring (bicyclic) bond motifs is 2. The molecule has 15 nitrogen and oxygen atoms in total. The average molecular weight is 579 g/mol. The van der Waals surface area contributed by atoms with Crippen molar-refractivity contribution in [1.82, 2.24) is 29.3 Å². The summed E-state index contributed by atoms with van der Waals surface area (Å²) in [5, 5.41) is 20.0. The topological polar surface area (TPSA) is 197 Å². The number of hydrogen-bond acceptors (Lipinski definition) is 12. The second-order valence-electron chi connectivity index (χ2n) is 8.02. The molecule has 0 spiro atoms. The molecule has 2 atom stereocenters. The van der Waals surface area contributed by atoms with Crippen molar-refractivity contribution in [3.05, 3.63) is 40.7 Å². The molecule has 18 heteroatoms. The third kappa shape index (κ3) is 4.35. The lowest BCUT2D eigenvalue weighted by atomic mass is 10.0. The standard InChI is InChI=1S/C20H19N9O6S3/c1-22-15(30)9-6-36-10-4-27(7-28(9)10)3-8-5-37-18-12(17(32)29(18)13(8)19(33)34)23-16(31)11(25-35-2)14-24-20(21)38-26-14/h4,6-7,12,18H,3,5H2,1-2H3,(H4-,21,22,23,24,26,30,31,33,34)/p+1/b25-11-/t12-,18-/m1/s1. The first-order chi connectivity index (χ1) is 18.2. The van der Waals surface area contributed by atoms with Crippen LogP contribution in [0.2, 0.25) is 0 Å². The normalized spacial score (nSPS) is 19.3. The zero-order valence-electron chi connectivity index (χ0n) is 19.8. The number of amides is 3. The minimum absolute atomic E-state index is 0.0516. The first-order valence-electron chi connectivity index (χ1n) is 10.9. The molecule has 0 unspecified atom stereocenters. The Morgan fingerprint density at radius 2 is 2.18 bits per heavy atom. The van der Waals surface area contributed by atoms with Gasteiger partial charge < -0.3 is 26.3 Å². The van der Waals surface area contributed by atoms with Crippen molar-refractivity contribution in [2.24, 2.45) is 5.16 Å². The maximum atomic E-state index is 13.0. The van der Waals surface area contributed by atoms with Crippen molar-refractivity contribution in [2.75, 3.05) is 25.6 Å². The second kappa shape index (κ2) is 10.0. The number of nitrogens with zero attached hydrogens (tertiary/aromatic N) is 6. The number of carboxylic acids is 1. The molecule has 1 saturated heterocycles. The number of aliphatic carboxylic acids is 1. The van der Waals surface area contributed by atoms with E-state index in [1.54, 1.807) is 33.9 Å². The molecule has 0 radical (unpaired) electrons. The zero-order chi connectivity index (χ0) is 27.1. The fraction of sp³-hybridized carbons (Fsp3) is 0.300. The van der Waals surface area contributed by atoms with Crippen LogP contribution in [0.25, 0.3) is 4.83 Å². The van der Waals surface area contributed by atoms with Gasteiger partial charge in [0, 0.05) is 35.3 Å². The van der Waals surface area contributed by atoms with Crippen LogP contribution < -0.4 is 20.9 Å². The number of oxime groups is 1. The van der Waals surface area contributed by atoms with E-state index in [0.29, 0.717) is 17.0 Å². The molecule has 3 aromatic rings. The smallest absolute Gasteiger partial charge is 0.352 e. The Hall–Kier alpha value is -4.03. The highest BCUT2D eigenvalue weighted by Gasteiger charge is 2.54. The number of imidazole rings is 1. The average Bonchev–Trinajstić information content (AvgIpc) is 3.60. The van der Waals surface area contributed by atoms with E-state index in [-0.39, 0.29) is 34.8 Å². The Morgan fingerprint density at radius 1 is 1.39 bits per heavy atom. The number of carbonyl (C=O) groups is 4. The highest BCUT2D eigenvalue weighted by Crippen LogP contribution is 2.40. The van der Waals surface area contributed by atoms with E-state index in [1.807, 2.05) is 0 Å². The van der Waals surface area contributed by atoms with E-state index >= 15 is 0 Å². The van der Waals surface area contributed by atoms with Crippen LogP contribution in [0.3, 0.4) is 0 Å². The van der Waals surface area contributed by atoms with Gasteiger partial charge in [-0.3, -0.25) is 19.3 Å². The summed E-state index contributed by atoms with van der Waals surface area (Å²) in [6, 6.07) is -0.982. The van der Waals surface area contributed by atoms with Gasteiger partial charge in [-0.05, 0) is 0 Å². The first kappa shape index (κ1) is 25.6. The molecule has 3 aromatic heterocycles. The van der Waals surface area contributed by atoms with Gasteiger partial charge in [0.1, 0.15) is 37.0 Å². The number of thiazole rings is 1. The van der Waals surface area contributed by atoms with Gasteiger partial charge in [-0.1, -0.05) is 16.5 Å². The molecule has 0 aromatic carbocycles. The molecule has 0 bridgehead atoms. The number of anilines is 1. The van der Waals surface area contributed by atoms with Gasteiger partial charge in [0.25, 0.3) is 24.0 Å². The number of nitrogens with one attached hydrogen (secondary N) is 2. The van der Waals surface area contributed by atoms with Crippen molar-refractivity contribution in [2.45, 2.75) is 18.0 Å². The number of nitrogens with two attached hydrogens (primary N) is 1. The van der Waals surface area contributed by atoms with Crippen LogP contribution in [0.4, 0.5) is 5.13 Å². The van der Waals surface area contributed by atoms with Crippen LogP contribution in [-0.4, -0.2) is 84.5 Å². The van der Waals surface area contributed by atoms with E-state index in [4.69, 9.17) is 10.6 Å². The van der Waals surface area contributed by atoms with Crippen LogP contribution in [0.5, 0.6) is 0 Å². The maximum absolute atomic E-state index is 13.0. The van der Waals surface area contributed by atoms with E-state index in [9.17, 15) is 24.3 Å². The molecular weight excluding hydrogens is 558 g/mol. The summed E-state index contributed by atoms with van der Waals surface area (Å²) in [7, 11) is 2.79. The van der Waals surface area contributed by atoms with Gasteiger partial charge in [0.05, 0.1) is 0 Å². The van der Waals surface area contributed by atoms with E-state index in [1.165, 1.54) is 35.1 Å². The summed E-state index contributed by atoms with van der Waals surface area (Å²) >= 11 is 3.57. The van der Waals surface area contributed by atoms with Crippen LogP contribution in [0, 0.1) is 0 Å². The third-order valence-electron chi connectivity index (χ3n) is 5.75. The summed E-state index contributed by atoms with van der Waals surface area (Å²) in [6.45, 7) is 0.200. The highest BCUT2D eigenvalue weighted by atomic mass is 32.2. The molecule has 0 aliphatic carbocycles. The van der Waals surface area contributed by atoms with Crippen molar-refractivity contribution in [3.63, 3.8) is 0 Å². The molecule has 198 valence electrons. The molecule has 0 saturated carbocycles. The van der Waals surface area contributed by atoms with Crippen molar-refractivity contribution < 1.29 is 33.7 Å². The van der Waals surface area contributed by atoms with Gasteiger partial charge in [-0.2, -0.15) is 13.8 Å². The van der Waals surface area contributed by atoms with E-state index in [0.717, 1.165) is 16.4 Å². The lowest BCUT2D eigenvalue weighted by Gasteiger charge is -2.49. The summed E-state index contributed by atoms with van der Waals surface area (Å²) in [5.74, 6) is -2.56. The maximum Gasteiger partial charge on any atom is 0.352 e. The fourth-order valence-electron chi connectivity index (χ4n) is 4.10. The molecule has 5 N–H and O–H groups in total. The van der Waals surface area contributed by atoms with Crippen LogP contribution in [0.1, 0.15) is 16.3 Å². The molecule has 3 amide bonds. The summed E-state index contributed by atoms with van der Waals surface area (Å²) in [6.07, 6.45) is 3.51. The van der Waals surface area contributed by atoms with Gasteiger partial charge >= 0.3 is 5.97 Å². The Balaban J connectivity index is 1.36. The zero-order valence-corrected chi connectivity index (χ0v) is 22.2. The van der Waals surface area contributed by atoms with Gasteiger partial charge in [-0.15, -0.1) is 11.8 Å². The van der Waals surface area contributed by atoms with E-state index < -0.39 is 29.2 Å². The number of aromatic nitrogens is 4. The Morgan fingerprint density at radius 3 is 2.84 bits per heavy atom. The van der Waals surface area contributed by atoms with Crippen molar-refractivity contribution in [3.8, 4) is 0 Å². The number of carbonyl (C=O) groups excluding carboxylic acids is 3. The lowest BCUT2D eigenvalue weighted by Crippen LogP contribution is -2.71. The van der Waals surface area contributed by atoms with E-state index in [2.05, 4.69) is 25.1 Å². The molecule has 1 fully saturated rings. The molecule has 5 rings (SSSR count). The number of carboxylic acid groups (broad SMARTS) is 1. The minimum Gasteiger partial charge on any atom is -0.477 e. The highest BCUT2D eigenvalue weighted by molar-refractivity contribution is 8.00. The molecule has 2 aliphatic heterocycles. The molecular formula is C20H20N9O6S3+. The van der Waals surface area contributed by atoms with Crippen LogP contribution >= 0.6 is 34.6 Å². The molecule has 2 aliphatic rings. The van der Waals surface area contributed by atoms with Gasteiger partial charge in [0.2, 0.25) is 22.1 Å². The Bertz CT molecular complexity index is 1540. The SMILES string of the molecule is CNC(=O)c1csc2c[n+](CC3=C(C(=O)O)N4C(=O)[C@@H](NC(=O)/C(=N\OC)c5nsc(N)n5)[C@H]4SC3)cn12. The quantitative estimate of drug-likeness (QED) is 0.110. The molecule has 5 heterocycles.